The molecule has 10 nitrogen and oxygen atoms in total. The minimum atomic E-state index is -0.175. The Morgan fingerprint density at radius 1 is 0.758 bits per heavy atom. The fourth-order valence-electron chi connectivity index (χ4n) is 2.91. The molecule has 13 heteroatoms. The van der Waals surface area contributed by atoms with Crippen LogP contribution in [0.15, 0.2) is 45.1 Å². The van der Waals surface area contributed by atoms with Crippen LogP contribution in [0, 0.1) is 0 Å². The molecule has 0 spiro atoms. The second-order valence-electron chi connectivity index (χ2n) is 6.64. The Bertz CT molecular complexity index is 1110. The number of nitrogens with zero attached hydrogens (tertiary/aromatic N) is 2. The van der Waals surface area contributed by atoms with Gasteiger partial charge in [0.1, 0.15) is 0 Å². The molecule has 3 aromatic rings. The van der Waals surface area contributed by atoms with Crippen molar-refractivity contribution in [1.82, 2.24) is 10.2 Å². The lowest BCUT2D eigenvalue weighted by atomic mass is 10.3. The smallest absolute Gasteiger partial charge is 0.234 e. The molecule has 0 atom stereocenters. The van der Waals surface area contributed by atoms with Gasteiger partial charge in [-0.1, -0.05) is 34.9 Å². The van der Waals surface area contributed by atoms with Crippen LogP contribution >= 0.6 is 34.9 Å². The number of anilines is 2. The van der Waals surface area contributed by atoms with E-state index < -0.39 is 0 Å². The van der Waals surface area contributed by atoms with Crippen molar-refractivity contribution in [1.29, 1.82) is 0 Å². The summed E-state index contributed by atoms with van der Waals surface area (Å²) in [7, 11) is 0. The number of nitrogens with one attached hydrogen (secondary N) is 2. The van der Waals surface area contributed by atoms with Crippen LogP contribution < -0.4 is 29.6 Å². The molecule has 0 radical (unpaired) electrons. The van der Waals surface area contributed by atoms with Gasteiger partial charge < -0.3 is 29.6 Å². The van der Waals surface area contributed by atoms with Gasteiger partial charge in [0.05, 0.1) is 11.5 Å². The standard InChI is InChI=1S/C20H16N4O6S3/c25-17(21-11-1-3-13-15(5-11)29-9-27-13)7-31-19-23-24-20(33-19)32-8-18(26)22-12-2-4-14-16(6-12)30-10-28-14/h1-6H,7-10H2,(H,21,25)(H,22,26). The van der Waals surface area contributed by atoms with E-state index in [2.05, 4.69) is 20.8 Å². The molecule has 0 saturated heterocycles. The Kier molecular flexibility index (Phi) is 6.41. The predicted molar refractivity (Wildman–Crippen MR) is 124 cm³/mol. The maximum atomic E-state index is 12.2. The molecule has 2 aliphatic rings. The second-order valence-corrected chi connectivity index (χ2v) is 10.1. The lowest BCUT2D eigenvalue weighted by Gasteiger charge is -2.05. The molecular weight excluding hydrogens is 488 g/mol. The summed E-state index contributed by atoms with van der Waals surface area (Å²) < 4.78 is 22.4. The van der Waals surface area contributed by atoms with Crippen molar-refractivity contribution in [2.24, 2.45) is 0 Å². The number of carbonyl (C=O) groups is 2. The summed E-state index contributed by atoms with van der Waals surface area (Å²) in [4.78, 5) is 24.5. The highest BCUT2D eigenvalue weighted by molar-refractivity contribution is 8.03. The molecule has 1 aromatic heterocycles. The van der Waals surface area contributed by atoms with Gasteiger partial charge in [0, 0.05) is 23.5 Å². The highest BCUT2D eigenvalue weighted by atomic mass is 32.2. The topological polar surface area (TPSA) is 121 Å². The summed E-state index contributed by atoms with van der Waals surface area (Å²) in [6.45, 7) is 0.361. The molecule has 2 aliphatic heterocycles. The summed E-state index contributed by atoms with van der Waals surface area (Å²) in [5.41, 5.74) is 1.26. The number of thioether (sulfide) groups is 2. The van der Waals surface area contributed by atoms with Crippen LogP contribution in [0.3, 0.4) is 0 Å². The Hall–Kier alpha value is -3.16. The first-order valence-electron chi connectivity index (χ1n) is 9.60. The Labute approximate surface area is 200 Å². The molecule has 2 amide bonds. The van der Waals surface area contributed by atoms with Gasteiger partial charge in [-0.2, -0.15) is 0 Å². The number of hydrogen-bond donors (Lipinski definition) is 2. The average molecular weight is 505 g/mol. The van der Waals surface area contributed by atoms with E-state index in [9.17, 15) is 9.59 Å². The Morgan fingerprint density at radius 3 is 1.70 bits per heavy atom. The number of aromatic nitrogens is 2. The zero-order valence-electron chi connectivity index (χ0n) is 16.9. The van der Waals surface area contributed by atoms with Crippen LogP contribution in [0.4, 0.5) is 11.4 Å². The number of amides is 2. The van der Waals surface area contributed by atoms with Gasteiger partial charge in [0.2, 0.25) is 25.4 Å². The third-order valence-electron chi connectivity index (χ3n) is 4.35. The van der Waals surface area contributed by atoms with E-state index >= 15 is 0 Å². The minimum absolute atomic E-state index is 0.175. The van der Waals surface area contributed by atoms with Crippen molar-refractivity contribution < 1.29 is 28.5 Å². The quantitative estimate of drug-likeness (QED) is 0.441. The normalized spacial score (nSPS) is 13.1. The number of benzene rings is 2. The second kappa shape index (κ2) is 9.77. The van der Waals surface area contributed by atoms with Crippen LogP contribution in [0.5, 0.6) is 23.0 Å². The van der Waals surface area contributed by atoms with Gasteiger partial charge in [-0.3, -0.25) is 9.59 Å². The van der Waals surface area contributed by atoms with Gasteiger partial charge in [-0.25, -0.2) is 0 Å². The number of ether oxygens (including phenoxy) is 4. The molecule has 33 heavy (non-hydrogen) atoms. The summed E-state index contributed by atoms with van der Waals surface area (Å²) in [6.07, 6.45) is 0. The van der Waals surface area contributed by atoms with Crippen molar-refractivity contribution in [2.75, 3.05) is 35.7 Å². The summed E-state index contributed by atoms with van der Waals surface area (Å²) in [5, 5.41) is 13.8. The molecule has 5 rings (SSSR count). The van der Waals surface area contributed by atoms with Gasteiger partial charge in [-0.15, -0.1) is 10.2 Å². The average Bonchev–Trinajstić information content (AvgIpc) is 3.56. The maximum Gasteiger partial charge on any atom is 0.234 e. The maximum absolute atomic E-state index is 12.2. The summed E-state index contributed by atoms with van der Waals surface area (Å²) in [5.74, 6) is 2.54. The Morgan fingerprint density at radius 2 is 1.21 bits per heavy atom. The van der Waals surface area contributed by atoms with E-state index in [0.29, 0.717) is 43.1 Å². The molecule has 0 bridgehead atoms. The molecular formula is C20H16N4O6S3. The van der Waals surface area contributed by atoms with Crippen molar-refractivity contribution in [2.45, 2.75) is 8.68 Å². The summed E-state index contributed by atoms with van der Waals surface area (Å²) >= 11 is 3.89. The third-order valence-corrected chi connectivity index (χ3v) is 7.54. The summed E-state index contributed by atoms with van der Waals surface area (Å²) in [6, 6.07) is 10.5. The molecule has 0 fully saturated rings. The molecule has 170 valence electrons. The third kappa shape index (κ3) is 5.43. The van der Waals surface area contributed by atoms with Crippen LogP contribution in [0.1, 0.15) is 0 Å². The van der Waals surface area contributed by atoms with Crippen LogP contribution in [-0.2, 0) is 9.59 Å². The van der Waals surface area contributed by atoms with Gasteiger partial charge in [0.15, 0.2) is 31.7 Å². The van der Waals surface area contributed by atoms with Crippen LogP contribution in [0.25, 0.3) is 0 Å². The first kappa shape index (κ1) is 21.7. The number of fused-ring (bicyclic) bond motifs is 2. The zero-order valence-corrected chi connectivity index (χ0v) is 19.3. The highest BCUT2D eigenvalue weighted by Crippen LogP contribution is 2.35. The van der Waals surface area contributed by atoms with Crippen LogP contribution in [-0.4, -0.2) is 47.1 Å². The van der Waals surface area contributed by atoms with Crippen LogP contribution in [0.2, 0.25) is 0 Å². The van der Waals surface area contributed by atoms with E-state index in [1.807, 2.05) is 0 Å². The van der Waals surface area contributed by atoms with Gasteiger partial charge >= 0.3 is 0 Å². The predicted octanol–water partition coefficient (Wildman–Crippen LogP) is 3.46. The minimum Gasteiger partial charge on any atom is -0.454 e. The molecule has 2 N–H and O–H groups in total. The Balaban J connectivity index is 1.06. The van der Waals surface area contributed by atoms with E-state index in [4.69, 9.17) is 18.9 Å². The molecule has 0 saturated carbocycles. The lowest BCUT2D eigenvalue weighted by molar-refractivity contribution is -0.114. The van der Waals surface area contributed by atoms with E-state index in [1.54, 1.807) is 36.4 Å². The van der Waals surface area contributed by atoms with Gasteiger partial charge in [0.25, 0.3) is 0 Å². The van der Waals surface area contributed by atoms with Gasteiger partial charge in [-0.05, 0) is 24.3 Å². The zero-order chi connectivity index (χ0) is 22.6. The number of hydrogen-bond acceptors (Lipinski definition) is 11. The molecule has 0 unspecified atom stereocenters. The SMILES string of the molecule is O=C(CSc1nnc(SCC(=O)Nc2ccc3c(c2)OCO3)s1)Nc1ccc2c(c1)OCO2. The van der Waals surface area contributed by atoms with Crippen molar-refractivity contribution in [3.05, 3.63) is 36.4 Å². The first-order valence-corrected chi connectivity index (χ1v) is 12.4. The van der Waals surface area contributed by atoms with E-state index in [1.165, 1.54) is 34.9 Å². The fourth-order valence-corrected chi connectivity index (χ4v) is 5.53. The van der Waals surface area contributed by atoms with Crippen molar-refractivity contribution in [3.63, 3.8) is 0 Å². The molecule has 3 heterocycles. The largest absolute Gasteiger partial charge is 0.454 e. The van der Waals surface area contributed by atoms with E-state index in [0.717, 1.165) is 0 Å². The monoisotopic (exact) mass is 504 g/mol. The first-order chi connectivity index (χ1) is 16.1. The number of rotatable bonds is 8. The van der Waals surface area contributed by atoms with Crippen molar-refractivity contribution in [3.8, 4) is 23.0 Å². The number of carbonyl (C=O) groups excluding carboxylic acids is 2. The van der Waals surface area contributed by atoms with Crippen molar-refractivity contribution >= 4 is 58.0 Å². The highest BCUT2D eigenvalue weighted by Gasteiger charge is 2.16. The molecule has 0 aliphatic carbocycles. The van der Waals surface area contributed by atoms with E-state index in [-0.39, 0.29) is 36.9 Å². The molecule has 2 aromatic carbocycles. The lowest BCUT2D eigenvalue weighted by Crippen LogP contribution is -2.13. The fraction of sp³-hybridized carbons (Fsp3) is 0.200.